The second-order valence-electron chi connectivity index (χ2n) is 9.03. The lowest BCUT2D eigenvalue weighted by atomic mass is 10.1. The zero-order valence-electron chi connectivity index (χ0n) is 20.3. The molecular weight excluding hydrogens is 522 g/mol. The van der Waals surface area contributed by atoms with Crippen LogP contribution in [-0.2, 0) is 6.54 Å². The van der Waals surface area contributed by atoms with E-state index in [-0.39, 0.29) is 5.56 Å². The summed E-state index contributed by atoms with van der Waals surface area (Å²) in [6, 6.07) is 34.2. The molecule has 2 aromatic heterocycles. The van der Waals surface area contributed by atoms with Gasteiger partial charge in [-0.25, -0.2) is 4.98 Å². The van der Waals surface area contributed by atoms with Gasteiger partial charge in [0.1, 0.15) is 5.82 Å². The molecule has 0 saturated heterocycles. The maximum Gasteiger partial charge on any atom is 0.266 e. The lowest BCUT2D eigenvalue weighted by Gasteiger charge is -2.11. The zero-order chi connectivity index (χ0) is 25.4. The summed E-state index contributed by atoms with van der Waals surface area (Å²) in [5.74, 6) is 0.588. The first kappa shape index (κ1) is 23.2. The Morgan fingerprint density at radius 3 is 2.24 bits per heavy atom. The lowest BCUT2D eigenvalue weighted by Crippen LogP contribution is -2.22. The minimum atomic E-state index is -0.0872. The molecule has 0 unspecified atom stereocenters. The van der Waals surface area contributed by atoms with Crippen LogP contribution in [0.25, 0.3) is 39.6 Å². The van der Waals surface area contributed by atoms with E-state index in [1.807, 2.05) is 60.7 Å². The molecule has 0 radical (unpaired) electrons. The second-order valence-corrected chi connectivity index (χ2v) is 9.94. The van der Waals surface area contributed by atoms with Crippen LogP contribution in [0.3, 0.4) is 0 Å². The Labute approximate surface area is 223 Å². The average molecular weight is 546 g/mol. The van der Waals surface area contributed by atoms with Gasteiger partial charge in [0.05, 0.1) is 16.6 Å². The van der Waals surface area contributed by atoms with E-state index in [1.165, 1.54) is 22.2 Å². The third kappa shape index (κ3) is 4.32. The highest BCUT2D eigenvalue weighted by Gasteiger charge is 2.14. The molecule has 0 aliphatic rings. The van der Waals surface area contributed by atoms with Gasteiger partial charge in [-0.1, -0.05) is 76.6 Å². The zero-order valence-corrected chi connectivity index (χ0v) is 21.9. The van der Waals surface area contributed by atoms with Crippen molar-refractivity contribution in [3.8, 4) is 5.69 Å². The van der Waals surface area contributed by atoms with Crippen molar-refractivity contribution in [1.29, 1.82) is 0 Å². The van der Waals surface area contributed by atoms with Crippen LogP contribution in [0.15, 0.2) is 112 Å². The normalized spacial score (nSPS) is 11.6. The molecule has 4 nitrogen and oxygen atoms in total. The molecule has 0 N–H and O–H groups in total. The third-order valence-electron chi connectivity index (χ3n) is 6.75. The second kappa shape index (κ2) is 9.68. The van der Waals surface area contributed by atoms with Crippen LogP contribution in [0.4, 0.5) is 0 Å². The summed E-state index contributed by atoms with van der Waals surface area (Å²) in [5.41, 5.74) is 6.09. The van der Waals surface area contributed by atoms with E-state index < -0.39 is 0 Å². The van der Waals surface area contributed by atoms with Crippen molar-refractivity contribution in [3.05, 3.63) is 141 Å². The molecule has 6 aromatic rings. The molecule has 0 atom stereocenters. The Morgan fingerprint density at radius 2 is 1.46 bits per heavy atom. The molecule has 6 rings (SSSR count). The lowest BCUT2D eigenvalue weighted by molar-refractivity contribution is 0.804. The molecule has 0 spiro atoms. The third-order valence-corrected chi connectivity index (χ3v) is 7.28. The summed E-state index contributed by atoms with van der Waals surface area (Å²) >= 11 is 3.49. The Balaban J connectivity index is 1.52. The Kier molecular flexibility index (Phi) is 6.07. The highest BCUT2D eigenvalue weighted by Crippen LogP contribution is 2.29. The number of nitrogens with zero attached hydrogens (tertiary/aromatic N) is 3. The molecule has 0 amide bonds. The SMILES string of the molecule is Cc1c(C=Cc2nc3ccccc3c(=O)n2-c2ccc(Br)cc2)c2ccccc2n1Cc1ccccc1. The average Bonchev–Trinajstić information content (AvgIpc) is 3.19. The molecule has 5 heteroatoms. The van der Waals surface area contributed by atoms with Crippen molar-refractivity contribution >= 4 is 49.9 Å². The van der Waals surface area contributed by atoms with E-state index in [0.29, 0.717) is 16.7 Å². The smallest absolute Gasteiger partial charge is 0.266 e. The summed E-state index contributed by atoms with van der Waals surface area (Å²) < 4.78 is 4.99. The van der Waals surface area contributed by atoms with Crippen LogP contribution >= 0.6 is 15.9 Å². The first-order valence-corrected chi connectivity index (χ1v) is 13.0. The van der Waals surface area contributed by atoms with Crippen molar-refractivity contribution in [3.63, 3.8) is 0 Å². The van der Waals surface area contributed by atoms with E-state index in [1.54, 1.807) is 4.57 Å². The molecular formula is C32H24BrN3O. The molecule has 0 aliphatic heterocycles. The fourth-order valence-corrected chi connectivity index (χ4v) is 5.16. The number of benzene rings is 4. The van der Waals surface area contributed by atoms with Gasteiger partial charge in [-0.2, -0.15) is 0 Å². The minimum Gasteiger partial charge on any atom is -0.340 e. The van der Waals surface area contributed by atoms with Gasteiger partial charge in [-0.15, -0.1) is 0 Å². The molecule has 0 fully saturated rings. The van der Waals surface area contributed by atoms with E-state index in [2.05, 4.69) is 82.0 Å². The molecule has 0 bridgehead atoms. The summed E-state index contributed by atoms with van der Waals surface area (Å²) in [6.07, 6.45) is 4.04. The van der Waals surface area contributed by atoms with Gasteiger partial charge in [0.25, 0.3) is 5.56 Å². The van der Waals surface area contributed by atoms with Gasteiger partial charge >= 0.3 is 0 Å². The topological polar surface area (TPSA) is 39.8 Å². The van der Waals surface area contributed by atoms with Gasteiger partial charge in [0.15, 0.2) is 0 Å². The number of hydrogen-bond donors (Lipinski definition) is 0. The summed E-state index contributed by atoms with van der Waals surface area (Å²) in [4.78, 5) is 18.5. The Morgan fingerprint density at radius 1 is 0.784 bits per heavy atom. The number of halogens is 1. The fourth-order valence-electron chi connectivity index (χ4n) is 4.90. The Hall–Kier alpha value is -4.22. The van der Waals surface area contributed by atoms with Crippen LogP contribution in [0, 0.1) is 6.92 Å². The number of rotatable bonds is 5. The van der Waals surface area contributed by atoms with Gasteiger partial charge < -0.3 is 4.57 Å². The van der Waals surface area contributed by atoms with Crippen LogP contribution < -0.4 is 5.56 Å². The maximum absolute atomic E-state index is 13.6. The van der Waals surface area contributed by atoms with E-state index in [9.17, 15) is 4.79 Å². The first-order valence-electron chi connectivity index (χ1n) is 12.2. The molecule has 0 saturated carbocycles. The van der Waals surface area contributed by atoms with Crippen LogP contribution in [0.1, 0.15) is 22.6 Å². The molecule has 0 aliphatic carbocycles. The summed E-state index contributed by atoms with van der Waals surface area (Å²) in [5, 5.41) is 1.77. The van der Waals surface area contributed by atoms with Gasteiger partial charge in [0.2, 0.25) is 0 Å². The van der Waals surface area contributed by atoms with E-state index >= 15 is 0 Å². The van der Waals surface area contributed by atoms with E-state index in [4.69, 9.17) is 4.98 Å². The van der Waals surface area contributed by atoms with Crippen molar-refractivity contribution in [2.45, 2.75) is 13.5 Å². The summed E-state index contributed by atoms with van der Waals surface area (Å²) in [6.45, 7) is 2.94. The van der Waals surface area contributed by atoms with Crippen molar-refractivity contribution in [1.82, 2.24) is 14.1 Å². The highest BCUT2D eigenvalue weighted by atomic mass is 79.9. The predicted octanol–water partition coefficient (Wildman–Crippen LogP) is 7.63. The summed E-state index contributed by atoms with van der Waals surface area (Å²) in [7, 11) is 0. The van der Waals surface area contributed by atoms with Crippen LogP contribution in [-0.4, -0.2) is 14.1 Å². The highest BCUT2D eigenvalue weighted by molar-refractivity contribution is 9.10. The number of fused-ring (bicyclic) bond motifs is 2. The van der Waals surface area contributed by atoms with Crippen LogP contribution in [0.2, 0.25) is 0 Å². The number of aromatic nitrogens is 3. The Bertz CT molecular complexity index is 1830. The number of hydrogen-bond acceptors (Lipinski definition) is 2. The quantitative estimate of drug-likeness (QED) is 0.223. The maximum atomic E-state index is 13.6. The first-order chi connectivity index (χ1) is 18.1. The predicted molar refractivity (Wildman–Crippen MR) is 156 cm³/mol. The van der Waals surface area contributed by atoms with E-state index in [0.717, 1.165) is 22.3 Å². The molecule has 4 aromatic carbocycles. The molecule has 37 heavy (non-hydrogen) atoms. The van der Waals surface area contributed by atoms with Crippen molar-refractivity contribution < 1.29 is 0 Å². The monoisotopic (exact) mass is 545 g/mol. The molecule has 180 valence electrons. The largest absolute Gasteiger partial charge is 0.340 e. The standard InChI is InChI=1S/C32H24BrN3O/c1-22-26(27-11-6-8-14-30(27)35(22)21-23-9-3-2-4-10-23)19-20-31-34-29-13-7-5-12-28(29)32(37)36(31)25-17-15-24(33)16-18-25/h2-20H,21H2,1H3. The van der Waals surface area contributed by atoms with Gasteiger partial charge in [-0.3, -0.25) is 9.36 Å². The molecule has 2 heterocycles. The fraction of sp³-hybridized carbons (Fsp3) is 0.0625. The number of para-hydroxylation sites is 2. The van der Waals surface area contributed by atoms with Crippen molar-refractivity contribution in [2.24, 2.45) is 0 Å². The minimum absolute atomic E-state index is 0.0872. The van der Waals surface area contributed by atoms with Gasteiger partial charge in [-0.05, 0) is 67.1 Å². The van der Waals surface area contributed by atoms with Crippen LogP contribution in [0.5, 0.6) is 0 Å². The van der Waals surface area contributed by atoms with Crippen molar-refractivity contribution in [2.75, 3.05) is 0 Å². The van der Waals surface area contributed by atoms with Gasteiger partial charge in [0, 0.05) is 33.2 Å².